The first-order valence-corrected chi connectivity index (χ1v) is 13.3. The van der Waals surface area contributed by atoms with E-state index in [1.807, 2.05) is 45.0 Å². The highest BCUT2D eigenvalue weighted by Crippen LogP contribution is 2.30. The van der Waals surface area contributed by atoms with Crippen molar-refractivity contribution in [3.8, 4) is 0 Å². The fraction of sp³-hybridized carbons (Fsp3) is 0.423. The minimum absolute atomic E-state index is 0.00244. The van der Waals surface area contributed by atoms with Gasteiger partial charge in [-0.25, -0.2) is 12.7 Å². The third-order valence-corrected chi connectivity index (χ3v) is 8.15. The molecule has 0 unspecified atom stereocenters. The van der Waals surface area contributed by atoms with E-state index in [0.29, 0.717) is 0 Å². The Kier molecular flexibility index (Phi) is 8.32. The molecule has 9 heteroatoms. The topological polar surface area (TPSA) is 104 Å². The highest BCUT2D eigenvalue weighted by molar-refractivity contribution is 7.90. The van der Waals surface area contributed by atoms with Crippen molar-refractivity contribution >= 4 is 27.7 Å². The molecule has 0 saturated carbocycles. The molecule has 0 fully saturated rings. The molecule has 2 atom stereocenters. The number of rotatable bonds is 10. The van der Waals surface area contributed by atoms with Crippen molar-refractivity contribution in [1.29, 1.82) is 0 Å². The lowest BCUT2D eigenvalue weighted by Gasteiger charge is -2.30. The predicted molar refractivity (Wildman–Crippen MR) is 133 cm³/mol. The van der Waals surface area contributed by atoms with Crippen LogP contribution in [-0.4, -0.2) is 54.0 Å². The first-order valence-electron chi connectivity index (χ1n) is 11.9. The first-order chi connectivity index (χ1) is 16.6. The molecule has 1 aliphatic rings. The lowest BCUT2D eigenvalue weighted by molar-refractivity contribution is -0.141. The zero-order valence-corrected chi connectivity index (χ0v) is 21.5. The van der Waals surface area contributed by atoms with Gasteiger partial charge in [0.2, 0.25) is 11.8 Å². The zero-order valence-electron chi connectivity index (χ0n) is 20.7. The van der Waals surface area contributed by atoms with E-state index in [9.17, 15) is 22.8 Å². The van der Waals surface area contributed by atoms with Gasteiger partial charge in [-0.3, -0.25) is 14.4 Å². The minimum atomic E-state index is -3.92. The summed E-state index contributed by atoms with van der Waals surface area (Å²) in [4.78, 5) is 40.2. The van der Waals surface area contributed by atoms with Crippen LogP contribution in [0.2, 0.25) is 0 Å². The molecule has 2 aromatic carbocycles. The van der Waals surface area contributed by atoms with Crippen LogP contribution in [0, 0.1) is 6.92 Å². The number of aryl methyl sites for hydroxylation is 1. The Labute approximate surface area is 207 Å². The summed E-state index contributed by atoms with van der Waals surface area (Å²) in [5.41, 5.74) is 2.13. The second kappa shape index (κ2) is 11.0. The van der Waals surface area contributed by atoms with E-state index in [-0.39, 0.29) is 54.2 Å². The number of carbonyl (C=O) groups is 3. The molecular weight excluding hydrogens is 466 g/mol. The Balaban J connectivity index is 1.71. The molecule has 1 aliphatic heterocycles. The standard InChI is InChI=1S/C26H33N3O5S/c1-5-19(3)27-25(31)20(4)28(17-21-14-12-18(2)13-15-21)24(30)11-8-16-29-26(32)22-9-6-7-10-23(22)35(29,33)34/h6-7,9-10,12-15,19-20H,5,8,11,16-17H2,1-4H3,(H,27,31)/t19-,20+/m0/s1. The number of carbonyl (C=O) groups excluding carboxylic acids is 3. The Hall–Kier alpha value is -3.20. The molecule has 35 heavy (non-hydrogen) atoms. The van der Waals surface area contributed by atoms with E-state index < -0.39 is 22.0 Å². The SMILES string of the molecule is CC[C@H](C)NC(=O)[C@@H](C)N(Cc1ccc(C)cc1)C(=O)CCCN1C(=O)c2ccccc2S1(=O)=O. The summed E-state index contributed by atoms with van der Waals surface area (Å²) in [6.07, 6.45) is 0.926. The van der Waals surface area contributed by atoms with Crippen LogP contribution in [0.3, 0.4) is 0 Å². The Morgan fingerprint density at radius 2 is 1.71 bits per heavy atom. The molecule has 3 rings (SSSR count). The maximum Gasteiger partial charge on any atom is 0.269 e. The summed E-state index contributed by atoms with van der Waals surface area (Å²) in [5, 5.41) is 2.92. The van der Waals surface area contributed by atoms with Crippen molar-refractivity contribution in [1.82, 2.24) is 14.5 Å². The molecule has 0 bridgehead atoms. The quantitative estimate of drug-likeness (QED) is 0.540. The van der Waals surface area contributed by atoms with Gasteiger partial charge < -0.3 is 10.2 Å². The molecule has 0 radical (unpaired) electrons. The number of hydrogen-bond acceptors (Lipinski definition) is 5. The molecule has 1 heterocycles. The van der Waals surface area contributed by atoms with E-state index in [1.165, 1.54) is 17.0 Å². The second-order valence-corrected chi connectivity index (χ2v) is 10.8. The number of hydrogen-bond donors (Lipinski definition) is 1. The van der Waals surface area contributed by atoms with Crippen LogP contribution < -0.4 is 5.32 Å². The molecule has 0 spiro atoms. The summed E-state index contributed by atoms with van der Waals surface area (Å²) < 4.78 is 26.3. The van der Waals surface area contributed by atoms with Gasteiger partial charge in [-0.05, 0) is 51.3 Å². The lowest BCUT2D eigenvalue weighted by atomic mass is 10.1. The molecule has 1 N–H and O–H groups in total. The van der Waals surface area contributed by atoms with Crippen LogP contribution >= 0.6 is 0 Å². The normalized spacial score (nSPS) is 15.9. The van der Waals surface area contributed by atoms with E-state index in [4.69, 9.17) is 0 Å². The third-order valence-electron chi connectivity index (χ3n) is 6.31. The van der Waals surface area contributed by atoms with Gasteiger partial charge in [0.1, 0.15) is 10.9 Å². The number of amides is 3. The van der Waals surface area contributed by atoms with Gasteiger partial charge >= 0.3 is 0 Å². The van der Waals surface area contributed by atoms with Crippen molar-refractivity contribution in [2.75, 3.05) is 6.54 Å². The zero-order chi connectivity index (χ0) is 25.8. The highest BCUT2D eigenvalue weighted by Gasteiger charge is 2.40. The Morgan fingerprint density at radius 1 is 1.06 bits per heavy atom. The molecule has 0 saturated heterocycles. The van der Waals surface area contributed by atoms with E-state index >= 15 is 0 Å². The summed E-state index contributed by atoms with van der Waals surface area (Å²) in [6.45, 7) is 7.68. The van der Waals surface area contributed by atoms with Crippen molar-refractivity contribution in [2.24, 2.45) is 0 Å². The van der Waals surface area contributed by atoms with Gasteiger partial charge in [0.15, 0.2) is 0 Å². The molecule has 2 aromatic rings. The van der Waals surface area contributed by atoms with Gasteiger partial charge in [-0.1, -0.05) is 48.9 Å². The monoisotopic (exact) mass is 499 g/mol. The largest absolute Gasteiger partial charge is 0.352 e. The average Bonchev–Trinajstić information content (AvgIpc) is 3.03. The summed E-state index contributed by atoms with van der Waals surface area (Å²) >= 11 is 0. The van der Waals surface area contributed by atoms with Gasteiger partial charge in [0.25, 0.3) is 15.9 Å². The summed E-state index contributed by atoms with van der Waals surface area (Å²) in [6, 6.07) is 13.1. The lowest BCUT2D eigenvalue weighted by Crippen LogP contribution is -2.49. The predicted octanol–water partition coefficient (Wildman–Crippen LogP) is 3.25. The maximum absolute atomic E-state index is 13.2. The van der Waals surface area contributed by atoms with Crippen molar-refractivity contribution in [3.05, 3.63) is 65.2 Å². The van der Waals surface area contributed by atoms with Crippen LogP contribution in [0.5, 0.6) is 0 Å². The van der Waals surface area contributed by atoms with Crippen LogP contribution in [0.4, 0.5) is 0 Å². The first kappa shape index (κ1) is 26.4. The number of nitrogens with zero attached hydrogens (tertiary/aromatic N) is 2. The van der Waals surface area contributed by atoms with Crippen molar-refractivity contribution in [2.45, 2.75) is 70.5 Å². The Morgan fingerprint density at radius 3 is 2.34 bits per heavy atom. The highest BCUT2D eigenvalue weighted by atomic mass is 32.2. The molecule has 188 valence electrons. The molecular formula is C26H33N3O5S. The fourth-order valence-corrected chi connectivity index (χ4v) is 5.52. The second-order valence-electron chi connectivity index (χ2n) is 8.98. The van der Waals surface area contributed by atoms with E-state index in [1.54, 1.807) is 19.1 Å². The van der Waals surface area contributed by atoms with Crippen LogP contribution in [0.1, 0.15) is 61.5 Å². The van der Waals surface area contributed by atoms with Crippen LogP contribution in [0.25, 0.3) is 0 Å². The van der Waals surface area contributed by atoms with Crippen molar-refractivity contribution in [3.63, 3.8) is 0 Å². The molecule has 0 aromatic heterocycles. The number of fused-ring (bicyclic) bond motifs is 1. The number of sulfonamides is 1. The van der Waals surface area contributed by atoms with E-state index in [2.05, 4.69) is 5.32 Å². The molecule has 8 nitrogen and oxygen atoms in total. The van der Waals surface area contributed by atoms with Crippen LogP contribution in [0.15, 0.2) is 53.4 Å². The summed E-state index contributed by atoms with van der Waals surface area (Å²) in [5.74, 6) is -1.10. The van der Waals surface area contributed by atoms with Gasteiger partial charge in [0, 0.05) is 25.6 Å². The minimum Gasteiger partial charge on any atom is -0.352 e. The van der Waals surface area contributed by atoms with Gasteiger partial charge in [-0.15, -0.1) is 0 Å². The molecule has 0 aliphatic carbocycles. The van der Waals surface area contributed by atoms with Gasteiger partial charge in [0.05, 0.1) is 5.56 Å². The maximum atomic E-state index is 13.2. The fourth-order valence-electron chi connectivity index (χ4n) is 3.91. The van der Waals surface area contributed by atoms with Crippen LogP contribution in [-0.2, 0) is 26.2 Å². The molecule has 3 amide bonds. The smallest absolute Gasteiger partial charge is 0.269 e. The number of benzene rings is 2. The Bertz CT molecular complexity index is 1190. The third kappa shape index (κ3) is 5.90. The van der Waals surface area contributed by atoms with Gasteiger partial charge in [-0.2, -0.15) is 0 Å². The average molecular weight is 500 g/mol. The summed E-state index contributed by atoms with van der Waals surface area (Å²) in [7, 11) is -3.92. The van der Waals surface area contributed by atoms with E-state index in [0.717, 1.165) is 21.9 Å². The van der Waals surface area contributed by atoms with Crippen molar-refractivity contribution < 1.29 is 22.8 Å². The number of nitrogens with one attached hydrogen (secondary N) is 1.